The Labute approximate surface area is 174 Å². The zero-order chi connectivity index (χ0) is 21.1. The van der Waals surface area contributed by atoms with Crippen LogP contribution in [-0.4, -0.2) is 39.3 Å². The third-order valence-corrected chi connectivity index (χ3v) is 10.1. The van der Waals surface area contributed by atoms with Crippen LogP contribution in [0, 0.1) is 46.3 Å². The highest BCUT2D eigenvalue weighted by Crippen LogP contribution is 2.67. The molecule has 4 aliphatic carbocycles. The molecular formula is C24H38O5. The van der Waals surface area contributed by atoms with Gasteiger partial charge in [-0.25, -0.2) is 0 Å². The van der Waals surface area contributed by atoms with Gasteiger partial charge in [-0.3, -0.25) is 9.59 Å². The number of fused-ring (bicyclic) bond motifs is 5. The van der Waals surface area contributed by atoms with Crippen molar-refractivity contribution in [2.45, 2.75) is 90.8 Å². The third kappa shape index (κ3) is 3.18. The highest BCUT2D eigenvalue weighted by Gasteiger charge is 2.65. The topological polar surface area (TPSA) is 94.8 Å². The summed E-state index contributed by atoms with van der Waals surface area (Å²) in [6.07, 6.45) is 5.82. The summed E-state index contributed by atoms with van der Waals surface area (Å²) in [5.74, 6) is 0.855. The number of carbonyl (C=O) groups excluding carboxylic acids is 1. The van der Waals surface area contributed by atoms with Gasteiger partial charge in [0, 0.05) is 18.3 Å². The number of carboxylic acids is 1. The van der Waals surface area contributed by atoms with Crippen molar-refractivity contribution in [3.05, 3.63) is 0 Å². The molecule has 0 unspecified atom stereocenters. The summed E-state index contributed by atoms with van der Waals surface area (Å²) in [5.41, 5.74) is -0.398. The maximum absolute atomic E-state index is 13.6. The van der Waals surface area contributed by atoms with Crippen LogP contribution >= 0.6 is 0 Å². The number of carboxylic acid groups (broad SMARTS) is 1. The van der Waals surface area contributed by atoms with Crippen LogP contribution in [0.2, 0.25) is 0 Å². The van der Waals surface area contributed by atoms with E-state index in [1.54, 1.807) is 0 Å². The Morgan fingerprint density at radius 1 is 1.14 bits per heavy atom. The molecule has 0 radical (unpaired) electrons. The fourth-order valence-corrected chi connectivity index (χ4v) is 8.41. The van der Waals surface area contributed by atoms with E-state index in [9.17, 15) is 19.8 Å². The number of Topliss-reactive ketones (excluding diaryl/α,β-unsaturated/α-hetero) is 1. The molecule has 29 heavy (non-hydrogen) atoms. The van der Waals surface area contributed by atoms with Crippen LogP contribution in [0.4, 0.5) is 0 Å². The summed E-state index contributed by atoms with van der Waals surface area (Å²) >= 11 is 0. The van der Waals surface area contributed by atoms with Gasteiger partial charge in [0.25, 0.3) is 0 Å². The monoisotopic (exact) mass is 406 g/mol. The molecule has 4 aliphatic rings. The Kier molecular flexibility index (Phi) is 5.39. The molecule has 3 N–H and O–H groups in total. The maximum Gasteiger partial charge on any atom is 0.303 e. The van der Waals surface area contributed by atoms with E-state index in [4.69, 9.17) is 5.11 Å². The lowest BCUT2D eigenvalue weighted by Gasteiger charge is -2.61. The van der Waals surface area contributed by atoms with E-state index < -0.39 is 17.5 Å². The molecule has 0 amide bonds. The first-order valence-corrected chi connectivity index (χ1v) is 11.7. The van der Waals surface area contributed by atoms with Gasteiger partial charge in [0.05, 0.1) is 12.2 Å². The Morgan fingerprint density at radius 3 is 2.55 bits per heavy atom. The number of aliphatic hydroxyl groups excluding tert-OH is 2. The molecule has 0 aromatic rings. The van der Waals surface area contributed by atoms with Crippen molar-refractivity contribution in [1.29, 1.82) is 0 Å². The van der Waals surface area contributed by atoms with E-state index in [-0.39, 0.29) is 47.5 Å². The van der Waals surface area contributed by atoms with Gasteiger partial charge in [-0.2, -0.15) is 0 Å². The van der Waals surface area contributed by atoms with Crippen LogP contribution in [0.5, 0.6) is 0 Å². The Morgan fingerprint density at radius 2 is 1.86 bits per heavy atom. The van der Waals surface area contributed by atoms with Gasteiger partial charge >= 0.3 is 5.97 Å². The minimum absolute atomic E-state index is 0.0348. The molecule has 5 nitrogen and oxygen atoms in total. The van der Waals surface area contributed by atoms with Gasteiger partial charge in [-0.1, -0.05) is 20.8 Å². The first-order valence-electron chi connectivity index (χ1n) is 11.7. The number of rotatable bonds is 4. The fourth-order valence-electron chi connectivity index (χ4n) is 8.41. The first-order chi connectivity index (χ1) is 13.6. The first kappa shape index (κ1) is 21.3. The highest BCUT2D eigenvalue weighted by atomic mass is 16.4. The Hall–Kier alpha value is -0.940. The Bertz CT molecular complexity index is 676. The zero-order valence-electron chi connectivity index (χ0n) is 18.1. The lowest BCUT2D eigenvalue weighted by molar-refractivity contribution is -0.181. The molecule has 10 atom stereocenters. The second-order valence-corrected chi connectivity index (χ2v) is 11.2. The summed E-state index contributed by atoms with van der Waals surface area (Å²) < 4.78 is 0. The van der Waals surface area contributed by atoms with Gasteiger partial charge in [0.1, 0.15) is 5.78 Å². The molecule has 4 fully saturated rings. The van der Waals surface area contributed by atoms with E-state index in [1.807, 2.05) is 0 Å². The molecule has 4 rings (SSSR count). The summed E-state index contributed by atoms with van der Waals surface area (Å²) in [5, 5.41) is 30.5. The molecule has 0 spiro atoms. The van der Waals surface area contributed by atoms with Crippen molar-refractivity contribution in [3.63, 3.8) is 0 Å². The molecular weight excluding hydrogens is 368 g/mol. The normalized spacial score (nSPS) is 50.4. The molecule has 5 heteroatoms. The van der Waals surface area contributed by atoms with Gasteiger partial charge in [0.2, 0.25) is 0 Å². The minimum atomic E-state index is -0.771. The maximum atomic E-state index is 13.6. The van der Waals surface area contributed by atoms with Gasteiger partial charge in [-0.15, -0.1) is 0 Å². The molecule has 0 bridgehead atoms. The smallest absolute Gasteiger partial charge is 0.303 e. The Balaban J connectivity index is 1.62. The largest absolute Gasteiger partial charge is 0.481 e. The van der Waals surface area contributed by atoms with Crippen LogP contribution in [0.15, 0.2) is 0 Å². The molecule has 0 aromatic heterocycles. The average Bonchev–Trinajstić information content (AvgIpc) is 3.01. The highest BCUT2D eigenvalue weighted by molar-refractivity contribution is 5.87. The van der Waals surface area contributed by atoms with Crippen molar-refractivity contribution in [2.24, 2.45) is 46.3 Å². The minimum Gasteiger partial charge on any atom is -0.481 e. The number of hydrogen-bond donors (Lipinski definition) is 3. The predicted octanol–water partition coefficient (Wildman–Crippen LogP) is 3.66. The quantitative estimate of drug-likeness (QED) is 0.662. The van der Waals surface area contributed by atoms with E-state index in [2.05, 4.69) is 20.8 Å². The van der Waals surface area contributed by atoms with Gasteiger partial charge in [-0.05, 0) is 85.9 Å². The summed E-state index contributed by atoms with van der Waals surface area (Å²) in [4.78, 5) is 24.7. The number of aliphatic hydroxyl groups is 2. The van der Waals surface area contributed by atoms with Crippen LogP contribution in [-0.2, 0) is 9.59 Å². The van der Waals surface area contributed by atoms with E-state index >= 15 is 0 Å². The van der Waals surface area contributed by atoms with Crippen LogP contribution in [0.3, 0.4) is 0 Å². The number of aliphatic carboxylic acids is 1. The van der Waals surface area contributed by atoms with Crippen molar-refractivity contribution in [1.82, 2.24) is 0 Å². The molecule has 0 saturated heterocycles. The van der Waals surface area contributed by atoms with Crippen molar-refractivity contribution >= 4 is 11.8 Å². The lowest BCUT2D eigenvalue weighted by Crippen LogP contribution is -2.61. The second-order valence-electron chi connectivity index (χ2n) is 11.2. The SMILES string of the molecule is C[C@@H](CCC(=O)O)[C@H]1CC[C@H]2[C@@H]3[C@H](O)C[C@@H]4C[C@H](O)CC[C@]4(C)[C@H]3CC(=O)[C@]12C. The fraction of sp³-hybridized carbons (Fsp3) is 0.917. The number of hydrogen-bond acceptors (Lipinski definition) is 4. The second kappa shape index (κ2) is 7.33. The molecule has 0 heterocycles. The summed E-state index contributed by atoms with van der Waals surface area (Å²) in [6.45, 7) is 6.54. The summed E-state index contributed by atoms with van der Waals surface area (Å²) in [6, 6.07) is 0. The van der Waals surface area contributed by atoms with Gasteiger partial charge in [0.15, 0.2) is 0 Å². The molecule has 164 valence electrons. The molecule has 0 aromatic carbocycles. The lowest BCUT2D eigenvalue weighted by atomic mass is 9.43. The van der Waals surface area contributed by atoms with Crippen molar-refractivity contribution in [3.8, 4) is 0 Å². The zero-order valence-corrected chi connectivity index (χ0v) is 18.1. The number of carbonyl (C=O) groups is 2. The van der Waals surface area contributed by atoms with Crippen LogP contribution < -0.4 is 0 Å². The van der Waals surface area contributed by atoms with Crippen LogP contribution in [0.25, 0.3) is 0 Å². The van der Waals surface area contributed by atoms with Crippen molar-refractivity contribution < 1.29 is 24.9 Å². The van der Waals surface area contributed by atoms with E-state index in [0.29, 0.717) is 24.5 Å². The molecule has 4 saturated carbocycles. The average molecular weight is 407 g/mol. The predicted molar refractivity (Wildman–Crippen MR) is 109 cm³/mol. The molecule has 0 aliphatic heterocycles. The summed E-state index contributed by atoms with van der Waals surface area (Å²) in [7, 11) is 0. The van der Waals surface area contributed by atoms with E-state index in [1.165, 1.54) is 0 Å². The standard InChI is InChI=1S/C24H38O5/c1-13(4-7-21(28)29)16-5-6-17-22-18(12-20(27)24(16,17)3)23(2)9-8-15(25)10-14(23)11-19(22)26/h13-19,22,25-26H,4-12H2,1-3H3,(H,28,29)/t13-,14-,15+,16+,17-,18-,19+,22-,23-,24+/m0/s1. The van der Waals surface area contributed by atoms with Crippen LogP contribution in [0.1, 0.15) is 78.6 Å². The van der Waals surface area contributed by atoms with E-state index in [0.717, 1.165) is 38.5 Å². The third-order valence-electron chi connectivity index (χ3n) is 10.1. The van der Waals surface area contributed by atoms with Gasteiger partial charge < -0.3 is 15.3 Å². The van der Waals surface area contributed by atoms with Crippen molar-refractivity contribution in [2.75, 3.05) is 0 Å². The number of ketones is 1.